The summed E-state index contributed by atoms with van der Waals surface area (Å²) in [5.74, 6) is 0.418. The number of nitrogens with zero attached hydrogens (tertiary/aromatic N) is 3. The van der Waals surface area contributed by atoms with Crippen LogP contribution in [-0.2, 0) is 0 Å². The largest absolute Gasteiger partial charge is 0.382 e. The van der Waals surface area contributed by atoms with E-state index < -0.39 is 0 Å². The lowest BCUT2D eigenvalue weighted by Gasteiger charge is -2.00. The molecule has 1 heterocycles. The third-order valence-electron chi connectivity index (χ3n) is 2.94. The number of aliphatic imine (C=N–C) groups is 1. The second-order valence-electron chi connectivity index (χ2n) is 4.36. The zero-order valence-electron chi connectivity index (χ0n) is 10.7. The normalized spacial score (nSPS) is 11.2. The van der Waals surface area contributed by atoms with E-state index in [9.17, 15) is 0 Å². The van der Waals surface area contributed by atoms with Crippen molar-refractivity contribution >= 4 is 34.4 Å². The third-order valence-corrected chi connectivity index (χ3v) is 2.94. The number of nitrogens with two attached hydrogens (primary N) is 2. The molecule has 0 aliphatic heterocycles. The Morgan fingerprint density at radius 3 is 2.60 bits per heavy atom. The van der Waals surface area contributed by atoms with Crippen molar-refractivity contribution in [2.75, 3.05) is 11.5 Å². The average molecular weight is 263 g/mol. The van der Waals surface area contributed by atoms with Gasteiger partial charge in [-0.1, -0.05) is 36.4 Å². The smallest absolute Gasteiger partial charge is 0.222 e. The molecule has 20 heavy (non-hydrogen) atoms. The summed E-state index contributed by atoms with van der Waals surface area (Å²) in [4.78, 5) is 12.0. The minimum absolute atomic E-state index is 0.146. The monoisotopic (exact) mass is 263 g/mol. The highest BCUT2D eigenvalue weighted by Gasteiger charge is 2.00. The molecule has 1 aromatic heterocycles. The molecular formula is C15H13N5. The molecule has 0 saturated carbocycles. The molecule has 0 aliphatic carbocycles. The van der Waals surface area contributed by atoms with Gasteiger partial charge in [0, 0.05) is 6.21 Å². The lowest BCUT2D eigenvalue weighted by molar-refractivity contribution is 1.18. The van der Waals surface area contributed by atoms with Gasteiger partial charge in [0.25, 0.3) is 0 Å². The topological polar surface area (TPSA) is 90.2 Å². The fourth-order valence-corrected chi connectivity index (χ4v) is 1.93. The molecule has 0 amide bonds. The van der Waals surface area contributed by atoms with Gasteiger partial charge in [0.15, 0.2) is 5.82 Å². The summed E-state index contributed by atoms with van der Waals surface area (Å²) in [6.07, 6.45) is 3.24. The molecule has 5 heteroatoms. The fraction of sp³-hybridized carbons (Fsp3) is 0. The van der Waals surface area contributed by atoms with Gasteiger partial charge in [-0.05, 0) is 22.4 Å². The molecule has 0 saturated heterocycles. The van der Waals surface area contributed by atoms with Gasteiger partial charge in [0.1, 0.15) is 5.69 Å². The van der Waals surface area contributed by atoms with E-state index in [2.05, 4.69) is 39.2 Å². The molecule has 5 nitrogen and oxygen atoms in total. The summed E-state index contributed by atoms with van der Waals surface area (Å²) in [6, 6.07) is 14.3. The first-order valence-corrected chi connectivity index (χ1v) is 6.13. The first-order valence-electron chi connectivity index (χ1n) is 6.13. The van der Waals surface area contributed by atoms with E-state index in [1.807, 2.05) is 18.2 Å². The van der Waals surface area contributed by atoms with Gasteiger partial charge in [0.2, 0.25) is 5.95 Å². The van der Waals surface area contributed by atoms with Gasteiger partial charge in [-0.15, -0.1) is 0 Å². The summed E-state index contributed by atoms with van der Waals surface area (Å²) in [5, 5.41) is 2.36. The number of nitrogen functional groups attached to an aromatic ring is 2. The van der Waals surface area contributed by atoms with Crippen LogP contribution in [0.2, 0.25) is 0 Å². The standard InChI is InChI=1S/C15H13N5/c16-14-13(9-19-15(17)20-14)18-8-10-5-6-11-3-1-2-4-12(11)7-10/h1-9H,(H4,16,17,19,20). The Kier molecular flexibility index (Phi) is 3.01. The van der Waals surface area contributed by atoms with Crippen LogP contribution in [0, 0.1) is 0 Å². The average Bonchev–Trinajstić information content (AvgIpc) is 2.46. The van der Waals surface area contributed by atoms with Gasteiger partial charge in [-0.3, -0.25) is 4.99 Å². The van der Waals surface area contributed by atoms with Gasteiger partial charge < -0.3 is 11.5 Å². The first kappa shape index (κ1) is 12.1. The van der Waals surface area contributed by atoms with Gasteiger partial charge in [0.05, 0.1) is 6.20 Å². The van der Waals surface area contributed by atoms with Crippen LogP contribution in [0.3, 0.4) is 0 Å². The van der Waals surface area contributed by atoms with Crippen LogP contribution in [0.25, 0.3) is 10.8 Å². The van der Waals surface area contributed by atoms with Crippen LogP contribution < -0.4 is 11.5 Å². The van der Waals surface area contributed by atoms with Crippen LogP contribution in [0.5, 0.6) is 0 Å². The van der Waals surface area contributed by atoms with Crippen molar-refractivity contribution in [1.82, 2.24) is 9.97 Å². The summed E-state index contributed by atoms with van der Waals surface area (Å²) in [6.45, 7) is 0. The number of rotatable bonds is 2. The second-order valence-corrected chi connectivity index (χ2v) is 4.36. The molecule has 0 spiro atoms. The molecule has 3 rings (SSSR count). The van der Waals surface area contributed by atoms with Crippen molar-refractivity contribution in [3.05, 3.63) is 54.2 Å². The number of aromatic nitrogens is 2. The highest BCUT2D eigenvalue weighted by atomic mass is 15.0. The molecule has 4 N–H and O–H groups in total. The van der Waals surface area contributed by atoms with Crippen LogP contribution in [-0.4, -0.2) is 16.2 Å². The predicted molar refractivity (Wildman–Crippen MR) is 82.1 cm³/mol. The van der Waals surface area contributed by atoms with Crippen molar-refractivity contribution in [2.24, 2.45) is 4.99 Å². The minimum Gasteiger partial charge on any atom is -0.382 e. The molecule has 2 aromatic carbocycles. The van der Waals surface area contributed by atoms with Crippen molar-refractivity contribution in [2.45, 2.75) is 0 Å². The van der Waals surface area contributed by atoms with Crippen molar-refractivity contribution in [1.29, 1.82) is 0 Å². The Bertz CT molecular complexity index is 795. The number of fused-ring (bicyclic) bond motifs is 1. The lowest BCUT2D eigenvalue weighted by Crippen LogP contribution is -1.98. The molecule has 3 aromatic rings. The Morgan fingerprint density at radius 2 is 1.80 bits per heavy atom. The van der Waals surface area contributed by atoms with Crippen LogP contribution in [0.1, 0.15) is 5.56 Å². The van der Waals surface area contributed by atoms with E-state index in [1.54, 1.807) is 6.21 Å². The lowest BCUT2D eigenvalue weighted by atomic mass is 10.1. The SMILES string of the molecule is Nc1ncc(N=Cc2ccc3ccccc3c2)c(N)n1. The molecular weight excluding hydrogens is 250 g/mol. The minimum atomic E-state index is 0.146. The summed E-state index contributed by atoms with van der Waals surface area (Å²) >= 11 is 0. The Morgan fingerprint density at radius 1 is 1.00 bits per heavy atom. The molecule has 0 fully saturated rings. The number of anilines is 2. The maximum Gasteiger partial charge on any atom is 0.222 e. The van der Waals surface area contributed by atoms with Gasteiger partial charge in [-0.2, -0.15) is 4.98 Å². The van der Waals surface area contributed by atoms with E-state index >= 15 is 0 Å². The molecule has 0 bridgehead atoms. The summed E-state index contributed by atoms with van der Waals surface area (Å²) < 4.78 is 0. The van der Waals surface area contributed by atoms with Crippen molar-refractivity contribution in [3.8, 4) is 0 Å². The van der Waals surface area contributed by atoms with Crippen LogP contribution in [0.4, 0.5) is 17.5 Å². The second kappa shape index (κ2) is 4.97. The predicted octanol–water partition coefficient (Wildman–Crippen LogP) is 2.54. The molecule has 0 atom stereocenters. The molecule has 0 radical (unpaired) electrons. The highest BCUT2D eigenvalue weighted by molar-refractivity contribution is 5.91. The zero-order chi connectivity index (χ0) is 13.9. The maximum absolute atomic E-state index is 5.73. The van der Waals surface area contributed by atoms with Crippen LogP contribution >= 0.6 is 0 Å². The summed E-state index contributed by atoms with van der Waals surface area (Å²) in [5.41, 5.74) is 12.7. The van der Waals surface area contributed by atoms with Gasteiger partial charge >= 0.3 is 0 Å². The molecule has 0 unspecified atom stereocenters. The Hall–Kier alpha value is -2.95. The van der Waals surface area contributed by atoms with E-state index in [1.165, 1.54) is 11.6 Å². The van der Waals surface area contributed by atoms with E-state index in [0.717, 1.165) is 10.9 Å². The first-order chi connectivity index (χ1) is 9.72. The quantitative estimate of drug-likeness (QED) is 0.695. The number of hydrogen-bond donors (Lipinski definition) is 2. The van der Waals surface area contributed by atoms with E-state index in [4.69, 9.17) is 11.5 Å². The van der Waals surface area contributed by atoms with Gasteiger partial charge in [-0.25, -0.2) is 4.98 Å². The van der Waals surface area contributed by atoms with E-state index in [-0.39, 0.29) is 11.8 Å². The fourth-order valence-electron chi connectivity index (χ4n) is 1.93. The highest BCUT2D eigenvalue weighted by Crippen LogP contribution is 2.19. The molecule has 98 valence electrons. The van der Waals surface area contributed by atoms with Crippen molar-refractivity contribution < 1.29 is 0 Å². The van der Waals surface area contributed by atoms with E-state index in [0.29, 0.717) is 5.69 Å². The Labute approximate surface area is 116 Å². The number of hydrogen-bond acceptors (Lipinski definition) is 5. The zero-order valence-corrected chi connectivity index (χ0v) is 10.7. The van der Waals surface area contributed by atoms with Crippen molar-refractivity contribution in [3.63, 3.8) is 0 Å². The summed E-state index contributed by atoms with van der Waals surface area (Å²) in [7, 11) is 0. The maximum atomic E-state index is 5.73. The third kappa shape index (κ3) is 2.42. The molecule has 0 aliphatic rings. The van der Waals surface area contributed by atoms with Crippen LogP contribution in [0.15, 0.2) is 53.7 Å². The Balaban J connectivity index is 1.93. The number of benzene rings is 2.